The quantitative estimate of drug-likeness (QED) is 0.0237. The molecule has 0 bridgehead atoms. The molecule has 5 nitrogen and oxygen atoms in total. The zero-order valence-electron chi connectivity index (χ0n) is 59.2. The van der Waals surface area contributed by atoms with Crippen molar-refractivity contribution in [3.05, 3.63) is 220 Å². The number of nitriles is 1. The van der Waals surface area contributed by atoms with E-state index in [2.05, 4.69) is 233 Å². The predicted octanol–water partition coefficient (Wildman–Crippen LogP) is 27.2. The van der Waals surface area contributed by atoms with Gasteiger partial charge >= 0.3 is 5.97 Å². The van der Waals surface area contributed by atoms with Crippen molar-refractivity contribution in [1.82, 2.24) is 0 Å². The number of hydrogen-bond acceptors (Lipinski definition) is 4. The van der Waals surface area contributed by atoms with E-state index in [4.69, 9.17) is 0 Å². The minimum absolute atomic E-state index is 0.224. The van der Waals surface area contributed by atoms with Gasteiger partial charge in [0, 0.05) is 50.4 Å². The second kappa shape index (κ2) is 32.9. The van der Waals surface area contributed by atoms with Crippen LogP contribution >= 0.6 is 0 Å². The molecule has 3 aliphatic carbocycles. The Morgan fingerprint density at radius 1 is 0.354 bits per heavy atom. The van der Waals surface area contributed by atoms with E-state index in [0.717, 1.165) is 131 Å². The molecule has 500 valence electrons. The van der Waals surface area contributed by atoms with Gasteiger partial charge in [0.05, 0.1) is 0 Å². The fourth-order valence-electron chi connectivity index (χ4n) is 17.8. The zero-order chi connectivity index (χ0) is 66.9. The van der Waals surface area contributed by atoms with Gasteiger partial charge in [-0.15, -0.1) is 0 Å². The van der Waals surface area contributed by atoms with Crippen molar-refractivity contribution in [3.63, 3.8) is 0 Å². The molecule has 3 aliphatic rings. The van der Waals surface area contributed by atoms with Crippen LogP contribution in [0.2, 0.25) is 0 Å². The number of hydrogen-bond donors (Lipinski definition) is 1. The van der Waals surface area contributed by atoms with Gasteiger partial charge in [-0.3, -0.25) is 0 Å². The molecular formula is C91H109N3O2. The number of carboxylic acid groups (broad SMARTS) is 1. The molecule has 5 heteroatoms. The molecule has 0 amide bonds. The molecule has 8 aromatic carbocycles. The lowest BCUT2D eigenvalue weighted by atomic mass is 9.61. The smallest absolute Gasteiger partial charge is 0.346 e. The second-order valence-electron chi connectivity index (χ2n) is 28.6. The molecule has 1 N–H and O–H groups in total. The molecule has 96 heavy (non-hydrogen) atoms. The van der Waals surface area contributed by atoms with E-state index in [0.29, 0.717) is 0 Å². The molecule has 0 spiro atoms. The normalized spacial score (nSPS) is 14.1. The summed E-state index contributed by atoms with van der Waals surface area (Å²) >= 11 is 0. The monoisotopic (exact) mass is 1280 g/mol. The lowest BCUT2D eigenvalue weighted by Gasteiger charge is -2.42. The first-order chi connectivity index (χ1) is 47.2. The topological polar surface area (TPSA) is 67.6 Å². The van der Waals surface area contributed by atoms with Crippen LogP contribution in [-0.2, 0) is 21.0 Å². The number of aliphatic carboxylic acids is 1. The fourth-order valence-corrected chi connectivity index (χ4v) is 17.8. The highest BCUT2D eigenvalue weighted by Crippen LogP contribution is 2.72. The molecule has 0 radical (unpaired) electrons. The number of unbranched alkanes of at least 4 members (excludes halogenated alkanes) is 18. The van der Waals surface area contributed by atoms with Gasteiger partial charge < -0.3 is 14.9 Å². The van der Waals surface area contributed by atoms with Gasteiger partial charge in [0.25, 0.3) is 0 Å². The number of carbonyl (C=O) groups is 1. The summed E-state index contributed by atoms with van der Waals surface area (Å²) in [6.45, 7) is 14.2. The summed E-state index contributed by atoms with van der Waals surface area (Å²) in [6, 6.07) is 69.0. The maximum absolute atomic E-state index is 13.0. The van der Waals surface area contributed by atoms with E-state index in [1.165, 1.54) is 151 Å². The number of para-hydroxylation sites is 4. The molecule has 8 aromatic rings. The van der Waals surface area contributed by atoms with E-state index >= 15 is 0 Å². The van der Waals surface area contributed by atoms with Gasteiger partial charge in [-0.25, -0.2) is 4.79 Å². The van der Waals surface area contributed by atoms with Gasteiger partial charge in [0.1, 0.15) is 11.6 Å². The van der Waals surface area contributed by atoms with Crippen molar-refractivity contribution < 1.29 is 9.90 Å². The SMILES string of the molecule is CCCCCCC1(CCCCCC)c2cc(N(c3ccccc3)c3ccccc3)ccc2-c2c3c(c4c(c21)-c1ccc(/C=C(\C#N)C(=O)O)cc1C4(CCCCCC)CCCCCC)C(CCCCCC)(CCCCCC)c1cc(N(c2ccccc2)c2ccccc2)ccc1-3. The molecule has 0 aliphatic heterocycles. The largest absolute Gasteiger partial charge is 0.477 e. The molecule has 0 atom stereocenters. The maximum Gasteiger partial charge on any atom is 0.346 e. The third kappa shape index (κ3) is 14.0. The molecule has 0 heterocycles. The summed E-state index contributed by atoms with van der Waals surface area (Å²) in [5, 5.41) is 21.1. The van der Waals surface area contributed by atoms with Crippen LogP contribution in [0.15, 0.2) is 181 Å². The van der Waals surface area contributed by atoms with Crippen LogP contribution < -0.4 is 9.80 Å². The summed E-state index contributed by atoms with van der Waals surface area (Å²) in [6.07, 6.45) is 36.0. The number of benzene rings is 8. The van der Waals surface area contributed by atoms with Crippen LogP contribution in [0, 0.1) is 11.3 Å². The number of anilines is 6. The van der Waals surface area contributed by atoms with Crippen LogP contribution in [0.1, 0.15) is 273 Å². The molecular weight excluding hydrogens is 1170 g/mol. The Morgan fingerprint density at radius 2 is 0.646 bits per heavy atom. The first-order valence-electron chi connectivity index (χ1n) is 38.0. The van der Waals surface area contributed by atoms with Crippen molar-refractivity contribution in [2.24, 2.45) is 0 Å². The van der Waals surface area contributed by atoms with Crippen molar-refractivity contribution in [1.29, 1.82) is 5.26 Å². The minimum atomic E-state index is -1.18. The molecule has 0 saturated heterocycles. The summed E-state index contributed by atoms with van der Waals surface area (Å²) < 4.78 is 0. The van der Waals surface area contributed by atoms with Gasteiger partial charge in [-0.05, 0) is 190 Å². The molecule has 0 aromatic heterocycles. The minimum Gasteiger partial charge on any atom is -0.477 e. The lowest BCUT2D eigenvalue weighted by molar-refractivity contribution is -0.132. The highest BCUT2D eigenvalue weighted by molar-refractivity contribution is 6.07. The fraction of sp³-hybridized carbons (Fsp3) is 0.429. The van der Waals surface area contributed by atoms with E-state index < -0.39 is 11.4 Å². The Kier molecular flexibility index (Phi) is 23.8. The molecule has 0 unspecified atom stereocenters. The highest BCUT2D eigenvalue weighted by atomic mass is 16.4. The summed E-state index contributed by atoms with van der Waals surface area (Å²) in [4.78, 5) is 18.0. The van der Waals surface area contributed by atoms with Crippen LogP contribution in [-0.4, -0.2) is 11.1 Å². The van der Waals surface area contributed by atoms with Crippen LogP contribution in [0.5, 0.6) is 0 Å². The predicted molar refractivity (Wildman–Crippen MR) is 408 cm³/mol. The van der Waals surface area contributed by atoms with Crippen molar-refractivity contribution in [2.75, 3.05) is 9.80 Å². The second-order valence-corrected chi connectivity index (χ2v) is 28.6. The summed E-state index contributed by atoms with van der Waals surface area (Å²) in [7, 11) is 0. The Morgan fingerprint density at radius 3 is 0.969 bits per heavy atom. The summed E-state index contributed by atoms with van der Waals surface area (Å²) in [5.41, 5.74) is 24.3. The van der Waals surface area contributed by atoms with Crippen molar-refractivity contribution in [3.8, 4) is 39.4 Å². The van der Waals surface area contributed by atoms with Crippen molar-refractivity contribution >= 4 is 46.2 Å². The van der Waals surface area contributed by atoms with Gasteiger partial charge in [-0.1, -0.05) is 299 Å². The standard InChI is InChI=1S/C91H109N3O2/c1-7-13-19-37-57-89(58-38-20-14-8-2)80-65-74(93(70-43-29-25-30-44-70)71-45-31-26-32-46-71)52-55-76(80)82-83-77-56-53-75(94(72-47-33-27-34-48-72)73-49-35-28-36-50-73)66-81(77)91(61-41-23-17-11-5,62-42-24-18-12-6)86(83)87-84(85(82)89)78-54-51-68(63-69(67-92)88(95)96)64-79(78)90(87,59-39-21-15-9-3)60-40-22-16-10-4/h25-36,43-56,63-66H,7-24,37-42,57-62H2,1-6H3,(H,95,96)/b69-63+. The third-order valence-electron chi connectivity index (χ3n) is 22.3. The lowest BCUT2D eigenvalue weighted by Crippen LogP contribution is -2.34. The summed E-state index contributed by atoms with van der Waals surface area (Å²) in [5.74, 6) is -1.18. The third-order valence-corrected chi connectivity index (χ3v) is 22.3. The van der Waals surface area contributed by atoms with Gasteiger partial charge in [-0.2, -0.15) is 5.26 Å². The Labute approximate surface area is 578 Å². The molecule has 0 fully saturated rings. The number of rotatable bonds is 38. The number of fused-ring (bicyclic) bond motifs is 12. The van der Waals surface area contributed by atoms with Crippen LogP contribution in [0.3, 0.4) is 0 Å². The van der Waals surface area contributed by atoms with E-state index in [9.17, 15) is 15.2 Å². The Hall–Kier alpha value is -7.94. The van der Waals surface area contributed by atoms with Crippen LogP contribution in [0.25, 0.3) is 39.5 Å². The average Bonchev–Trinajstić information content (AvgIpc) is 1.48. The van der Waals surface area contributed by atoms with Gasteiger partial charge in [0.15, 0.2) is 0 Å². The van der Waals surface area contributed by atoms with Gasteiger partial charge in [0.2, 0.25) is 0 Å². The highest BCUT2D eigenvalue weighted by Gasteiger charge is 2.58. The Bertz CT molecular complexity index is 3820. The average molecular weight is 1280 g/mol. The Balaban J connectivity index is 1.36. The first kappa shape index (κ1) is 69.4. The number of nitrogens with zero attached hydrogens (tertiary/aromatic N) is 3. The van der Waals surface area contributed by atoms with Crippen LogP contribution in [0.4, 0.5) is 34.1 Å². The van der Waals surface area contributed by atoms with E-state index in [-0.39, 0.29) is 16.4 Å². The molecule has 0 saturated carbocycles. The van der Waals surface area contributed by atoms with E-state index in [1.54, 1.807) is 22.8 Å². The zero-order valence-corrected chi connectivity index (χ0v) is 59.2. The first-order valence-corrected chi connectivity index (χ1v) is 38.0. The number of carboxylic acids is 1. The van der Waals surface area contributed by atoms with E-state index in [1.807, 2.05) is 0 Å². The van der Waals surface area contributed by atoms with Crippen molar-refractivity contribution in [2.45, 2.75) is 250 Å². The maximum atomic E-state index is 13.0. The molecule has 11 rings (SSSR count).